The van der Waals surface area contributed by atoms with Crippen molar-refractivity contribution < 1.29 is 30.3 Å². The van der Waals surface area contributed by atoms with Crippen LogP contribution in [-0.2, 0) is 21.2 Å². The summed E-state index contributed by atoms with van der Waals surface area (Å²) < 4.78 is 73.7. The van der Waals surface area contributed by atoms with Crippen LogP contribution in [0.3, 0.4) is 0 Å². The third-order valence-corrected chi connectivity index (χ3v) is 4.32. The first-order chi connectivity index (χ1) is 10.0. The Morgan fingerprint density at radius 3 is 2.41 bits per heavy atom. The lowest BCUT2D eigenvalue weighted by atomic mass is 10.1. The number of hydrogen-bond acceptors (Lipinski definition) is 4. The number of nitrogens with zero attached hydrogens (tertiary/aromatic N) is 2. The second kappa shape index (κ2) is 5.24. The molecule has 5 nitrogen and oxygen atoms in total. The van der Waals surface area contributed by atoms with Gasteiger partial charge in [-0.2, -0.15) is 26.9 Å². The van der Waals surface area contributed by atoms with E-state index in [4.69, 9.17) is 5.26 Å². The summed E-state index contributed by atoms with van der Waals surface area (Å²) in [6, 6.07) is 4.06. The van der Waals surface area contributed by atoms with Gasteiger partial charge in [0.25, 0.3) is 0 Å². The van der Waals surface area contributed by atoms with E-state index in [-0.39, 0.29) is 5.56 Å². The van der Waals surface area contributed by atoms with E-state index in [2.05, 4.69) is 0 Å². The third-order valence-electron chi connectivity index (χ3n) is 3.21. The Hall–Kier alpha value is -2.15. The van der Waals surface area contributed by atoms with E-state index in [1.165, 1.54) is 0 Å². The van der Waals surface area contributed by atoms with Gasteiger partial charge in [-0.05, 0) is 18.2 Å². The molecule has 0 aromatic heterocycles. The molecule has 1 heterocycles. The minimum Gasteiger partial charge on any atom is -0.310 e. The summed E-state index contributed by atoms with van der Waals surface area (Å²) in [5, 5.41) is 6.96. The molecule has 0 aliphatic carbocycles. The van der Waals surface area contributed by atoms with Crippen molar-refractivity contribution in [2.75, 3.05) is 11.4 Å². The Kier molecular flexibility index (Phi) is 3.87. The van der Waals surface area contributed by atoms with E-state index in [0.717, 1.165) is 12.1 Å². The van der Waals surface area contributed by atoms with Crippen LogP contribution in [0.5, 0.6) is 0 Å². The van der Waals surface area contributed by atoms with Gasteiger partial charge in [-0.25, -0.2) is 0 Å². The fraction of sp³-hybridized carbons (Fsp3) is 0.333. The van der Waals surface area contributed by atoms with Crippen molar-refractivity contribution in [3.8, 4) is 6.07 Å². The first-order valence-electron chi connectivity index (χ1n) is 5.89. The van der Waals surface area contributed by atoms with Crippen LogP contribution in [0.25, 0.3) is 0 Å². The zero-order valence-electron chi connectivity index (χ0n) is 10.8. The van der Waals surface area contributed by atoms with Gasteiger partial charge in [0.15, 0.2) is 0 Å². The Labute approximate surface area is 123 Å². The fourth-order valence-electron chi connectivity index (χ4n) is 2.16. The van der Waals surface area contributed by atoms with E-state index in [0.29, 0.717) is 11.0 Å². The van der Waals surface area contributed by atoms with Crippen LogP contribution in [0.15, 0.2) is 18.2 Å². The highest BCUT2D eigenvalue weighted by atomic mass is 32.3. The molecule has 1 aromatic carbocycles. The normalized spacial score (nSPS) is 19.3. The molecule has 0 spiro atoms. The summed E-state index contributed by atoms with van der Waals surface area (Å²) in [7, 11) is -5.03. The molecule has 1 aliphatic heterocycles. The minimum atomic E-state index is -5.03. The monoisotopic (exact) mass is 336 g/mol. The lowest BCUT2D eigenvalue weighted by molar-refractivity contribution is -0.137. The average molecular weight is 336 g/mol. The molecular weight excluding hydrogens is 328 g/mol. The quantitative estimate of drug-likeness (QED) is 0.611. The number of hydrogen-bond donors (Lipinski definition) is 0. The number of anilines is 1. The van der Waals surface area contributed by atoms with Crippen molar-refractivity contribution >= 4 is 21.8 Å². The predicted octanol–water partition coefficient (Wildman–Crippen LogP) is 1.98. The summed E-state index contributed by atoms with van der Waals surface area (Å²) in [4.78, 5) is 12.3. The van der Waals surface area contributed by atoms with E-state index < -0.39 is 51.8 Å². The van der Waals surface area contributed by atoms with Crippen LogP contribution in [0, 0.1) is 11.3 Å². The molecule has 1 aromatic rings. The van der Waals surface area contributed by atoms with Gasteiger partial charge in [-0.15, -0.1) is 3.89 Å². The first kappa shape index (κ1) is 16.2. The Balaban J connectivity index is 2.50. The van der Waals surface area contributed by atoms with E-state index >= 15 is 0 Å². The van der Waals surface area contributed by atoms with Gasteiger partial charge in [-0.3, -0.25) is 4.79 Å². The molecule has 1 fully saturated rings. The van der Waals surface area contributed by atoms with Gasteiger partial charge in [0.05, 0.1) is 22.9 Å². The maximum absolute atomic E-state index is 13.0. The first-order valence-corrected chi connectivity index (χ1v) is 7.34. The molecule has 1 saturated heterocycles. The Morgan fingerprint density at radius 1 is 1.32 bits per heavy atom. The molecule has 1 aliphatic rings. The largest absolute Gasteiger partial charge is 0.418 e. The highest BCUT2D eigenvalue weighted by Crippen LogP contribution is 2.39. The topological polar surface area (TPSA) is 78.2 Å². The second-order valence-electron chi connectivity index (χ2n) is 4.65. The minimum absolute atomic E-state index is 0.266. The molecule has 1 amide bonds. The maximum atomic E-state index is 13.0. The highest BCUT2D eigenvalue weighted by molar-refractivity contribution is 7.87. The van der Waals surface area contributed by atoms with Crippen LogP contribution in [0.1, 0.15) is 17.5 Å². The Morgan fingerprint density at radius 2 is 1.95 bits per heavy atom. The number of benzene rings is 1. The lowest BCUT2D eigenvalue weighted by Crippen LogP contribution is -2.29. The predicted molar refractivity (Wildman–Crippen MR) is 66.9 cm³/mol. The molecule has 1 atom stereocenters. The van der Waals surface area contributed by atoms with Gasteiger partial charge in [-0.1, -0.05) is 0 Å². The second-order valence-corrected chi connectivity index (χ2v) is 6.27. The van der Waals surface area contributed by atoms with Crippen molar-refractivity contribution in [3.63, 3.8) is 0 Å². The van der Waals surface area contributed by atoms with Crippen LogP contribution in [-0.4, -0.2) is 26.1 Å². The number of carbonyl (C=O) groups is 1. The van der Waals surface area contributed by atoms with E-state index in [1.807, 2.05) is 0 Å². The van der Waals surface area contributed by atoms with Crippen LogP contribution in [0.2, 0.25) is 0 Å². The molecule has 22 heavy (non-hydrogen) atoms. The molecule has 0 bridgehead atoms. The maximum Gasteiger partial charge on any atom is 0.418 e. The van der Waals surface area contributed by atoms with Gasteiger partial charge in [0.1, 0.15) is 5.25 Å². The lowest BCUT2D eigenvalue weighted by Gasteiger charge is -2.21. The fourth-order valence-corrected chi connectivity index (χ4v) is 2.83. The number of alkyl halides is 3. The molecule has 2 rings (SSSR count). The zero-order chi connectivity index (χ0) is 16.7. The SMILES string of the molecule is N#Cc1ccc(N2CC(S(=O)(=O)F)CC2=O)c(C(F)(F)F)c1. The van der Waals surface area contributed by atoms with Crippen LogP contribution < -0.4 is 4.90 Å². The van der Waals surface area contributed by atoms with Crippen molar-refractivity contribution in [2.45, 2.75) is 17.8 Å². The van der Waals surface area contributed by atoms with Crippen molar-refractivity contribution in [1.82, 2.24) is 0 Å². The summed E-state index contributed by atoms with van der Waals surface area (Å²) in [6.07, 6.45) is -5.58. The van der Waals surface area contributed by atoms with Gasteiger partial charge >= 0.3 is 16.4 Å². The zero-order valence-corrected chi connectivity index (χ0v) is 11.6. The van der Waals surface area contributed by atoms with E-state index in [1.54, 1.807) is 6.07 Å². The number of rotatable bonds is 2. The molecular formula is C12H8F4N2O3S. The summed E-state index contributed by atoms with van der Waals surface area (Å²) in [5.41, 5.74) is -2.11. The third kappa shape index (κ3) is 3.04. The van der Waals surface area contributed by atoms with Crippen molar-refractivity contribution in [3.05, 3.63) is 29.3 Å². The van der Waals surface area contributed by atoms with Gasteiger partial charge in [0, 0.05) is 13.0 Å². The van der Waals surface area contributed by atoms with Gasteiger partial charge in [0.2, 0.25) is 5.91 Å². The van der Waals surface area contributed by atoms with E-state index in [9.17, 15) is 30.3 Å². The van der Waals surface area contributed by atoms with Gasteiger partial charge < -0.3 is 4.90 Å². The standard InChI is InChI=1S/C12H8F4N2O3S/c13-12(14,15)9-3-7(5-17)1-2-10(9)18-6-8(4-11(18)19)22(16,20)21/h1-3,8H,4,6H2. The molecule has 0 radical (unpaired) electrons. The number of nitriles is 1. The number of amides is 1. The average Bonchev–Trinajstić information content (AvgIpc) is 2.79. The highest BCUT2D eigenvalue weighted by Gasteiger charge is 2.43. The van der Waals surface area contributed by atoms with Crippen molar-refractivity contribution in [2.24, 2.45) is 0 Å². The summed E-state index contributed by atoms with van der Waals surface area (Å²) >= 11 is 0. The van der Waals surface area contributed by atoms with Crippen molar-refractivity contribution in [1.29, 1.82) is 5.26 Å². The number of carbonyl (C=O) groups excluding carboxylic acids is 1. The molecule has 1 unspecified atom stereocenters. The molecule has 10 heteroatoms. The molecule has 0 saturated carbocycles. The smallest absolute Gasteiger partial charge is 0.310 e. The number of halogens is 4. The van der Waals surface area contributed by atoms with Crippen LogP contribution in [0.4, 0.5) is 22.7 Å². The summed E-state index contributed by atoms with van der Waals surface area (Å²) in [6.45, 7) is -0.702. The molecule has 0 N–H and O–H groups in total. The molecule has 118 valence electrons. The summed E-state index contributed by atoms with van der Waals surface area (Å²) in [5.74, 6) is -0.929. The Bertz CT molecular complexity index is 768. The van der Waals surface area contributed by atoms with Crippen LogP contribution >= 0.6 is 0 Å².